The summed E-state index contributed by atoms with van der Waals surface area (Å²) in [4.78, 5) is 14.7. The topological polar surface area (TPSA) is 75.8 Å². The fourth-order valence-electron chi connectivity index (χ4n) is 3.73. The predicted octanol–water partition coefficient (Wildman–Crippen LogP) is 1.42. The third kappa shape index (κ3) is 2.83. The maximum atomic E-state index is 12.8. The lowest BCUT2D eigenvalue weighted by atomic mass is 9.83. The third-order valence-electron chi connectivity index (χ3n) is 5.04. The molecule has 0 radical (unpaired) electrons. The van der Waals surface area contributed by atoms with Crippen LogP contribution in [0.2, 0.25) is 0 Å². The molecule has 120 valence electrons. The largest absolute Gasteiger partial charge is 0.508 e. The lowest BCUT2D eigenvalue weighted by Gasteiger charge is -2.37. The molecular weight excluding hydrogens is 280 g/mol. The Balaban J connectivity index is 1.67. The van der Waals surface area contributed by atoms with Crippen molar-refractivity contribution < 1.29 is 14.6 Å². The standard InChI is InChI=1S/C17H24N2O3/c1-22-16-6-5-11(9-14(16)18)17(21)19-8-7-13-12(10-19)3-2-4-15(13)20/h2-4,11,14,16,20H,5-10,18H2,1H3/t11-,14+,16+/m0/s1. The van der Waals surface area contributed by atoms with Crippen molar-refractivity contribution in [2.24, 2.45) is 11.7 Å². The highest BCUT2D eigenvalue weighted by molar-refractivity contribution is 5.79. The van der Waals surface area contributed by atoms with Gasteiger partial charge in [-0.1, -0.05) is 12.1 Å². The van der Waals surface area contributed by atoms with Crippen molar-refractivity contribution in [2.75, 3.05) is 13.7 Å². The Bertz CT molecular complexity index is 561. The van der Waals surface area contributed by atoms with Crippen molar-refractivity contribution in [3.63, 3.8) is 0 Å². The van der Waals surface area contributed by atoms with Crippen LogP contribution in [0.25, 0.3) is 0 Å². The van der Waals surface area contributed by atoms with Crippen LogP contribution in [0.3, 0.4) is 0 Å². The van der Waals surface area contributed by atoms with E-state index in [1.165, 1.54) is 0 Å². The molecule has 1 saturated carbocycles. The predicted molar refractivity (Wildman–Crippen MR) is 83.3 cm³/mol. The first kappa shape index (κ1) is 15.3. The number of rotatable bonds is 2. The number of methoxy groups -OCH3 is 1. The van der Waals surface area contributed by atoms with E-state index in [0.717, 1.165) is 24.0 Å². The van der Waals surface area contributed by atoms with E-state index in [1.54, 1.807) is 13.2 Å². The number of benzene rings is 1. The molecule has 1 aliphatic carbocycles. The molecule has 22 heavy (non-hydrogen) atoms. The molecule has 0 saturated heterocycles. The number of aromatic hydroxyl groups is 1. The van der Waals surface area contributed by atoms with Gasteiger partial charge in [0, 0.05) is 37.7 Å². The van der Waals surface area contributed by atoms with Crippen molar-refractivity contribution >= 4 is 5.91 Å². The smallest absolute Gasteiger partial charge is 0.226 e. The molecule has 3 atom stereocenters. The molecule has 1 aromatic rings. The summed E-state index contributed by atoms with van der Waals surface area (Å²) in [5, 5.41) is 9.89. The van der Waals surface area contributed by atoms with Gasteiger partial charge in [-0.25, -0.2) is 0 Å². The molecule has 1 heterocycles. The molecule has 1 aromatic carbocycles. The Labute approximate surface area is 131 Å². The number of amides is 1. The van der Waals surface area contributed by atoms with Gasteiger partial charge in [-0.05, 0) is 37.3 Å². The highest BCUT2D eigenvalue weighted by atomic mass is 16.5. The Morgan fingerprint density at radius 3 is 2.95 bits per heavy atom. The van der Waals surface area contributed by atoms with Crippen molar-refractivity contribution in [1.29, 1.82) is 0 Å². The van der Waals surface area contributed by atoms with Crippen LogP contribution in [0, 0.1) is 5.92 Å². The lowest BCUT2D eigenvalue weighted by Crippen LogP contribution is -2.47. The lowest BCUT2D eigenvalue weighted by molar-refractivity contribution is -0.138. The highest BCUT2D eigenvalue weighted by Crippen LogP contribution is 2.31. The van der Waals surface area contributed by atoms with Crippen LogP contribution in [0.1, 0.15) is 30.4 Å². The summed E-state index contributed by atoms with van der Waals surface area (Å²) in [6.45, 7) is 1.25. The molecule has 0 spiro atoms. The summed E-state index contributed by atoms with van der Waals surface area (Å²) in [6, 6.07) is 5.47. The highest BCUT2D eigenvalue weighted by Gasteiger charge is 2.35. The molecule has 5 nitrogen and oxygen atoms in total. The monoisotopic (exact) mass is 304 g/mol. The van der Waals surface area contributed by atoms with Crippen LogP contribution < -0.4 is 5.73 Å². The number of nitrogens with two attached hydrogens (primary N) is 1. The van der Waals surface area contributed by atoms with E-state index in [-0.39, 0.29) is 24.0 Å². The summed E-state index contributed by atoms with van der Waals surface area (Å²) in [6.07, 6.45) is 3.17. The summed E-state index contributed by atoms with van der Waals surface area (Å²) >= 11 is 0. The molecule has 1 aliphatic heterocycles. The van der Waals surface area contributed by atoms with Crippen molar-refractivity contribution in [1.82, 2.24) is 4.90 Å². The number of phenolic OH excluding ortho intramolecular Hbond substituents is 1. The number of phenols is 1. The van der Waals surface area contributed by atoms with E-state index < -0.39 is 0 Å². The number of hydrogen-bond donors (Lipinski definition) is 2. The van der Waals surface area contributed by atoms with Crippen LogP contribution in [0.4, 0.5) is 0 Å². The summed E-state index contributed by atoms with van der Waals surface area (Å²) in [7, 11) is 1.68. The van der Waals surface area contributed by atoms with E-state index in [2.05, 4.69) is 0 Å². The first-order chi connectivity index (χ1) is 10.6. The van der Waals surface area contributed by atoms with E-state index in [9.17, 15) is 9.90 Å². The number of fused-ring (bicyclic) bond motifs is 1. The zero-order valence-corrected chi connectivity index (χ0v) is 13.0. The van der Waals surface area contributed by atoms with Gasteiger partial charge in [0.25, 0.3) is 0 Å². The van der Waals surface area contributed by atoms with E-state index in [0.29, 0.717) is 31.7 Å². The molecule has 2 aliphatic rings. The van der Waals surface area contributed by atoms with Crippen molar-refractivity contribution in [3.8, 4) is 5.75 Å². The number of hydrogen-bond acceptors (Lipinski definition) is 4. The van der Waals surface area contributed by atoms with Gasteiger partial charge in [0.15, 0.2) is 0 Å². The van der Waals surface area contributed by atoms with Crippen molar-refractivity contribution in [3.05, 3.63) is 29.3 Å². The summed E-state index contributed by atoms with van der Waals surface area (Å²) in [5.41, 5.74) is 8.14. The van der Waals surface area contributed by atoms with Crippen LogP contribution >= 0.6 is 0 Å². The van der Waals surface area contributed by atoms with Gasteiger partial charge in [-0.3, -0.25) is 4.79 Å². The minimum Gasteiger partial charge on any atom is -0.508 e. The minimum absolute atomic E-state index is 0.000240. The SMILES string of the molecule is CO[C@@H]1CC[C@H](C(=O)N2CCc3c(O)cccc3C2)C[C@H]1N. The van der Waals surface area contributed by atoms with Gasteiger partial charge in [0.05, 0.1) is 6.10 Å². The maximum Gasteiger partial charge on any atom is 0.226 e. The van der Waals surface area contributed by atoms with E-state index in [1.807, 2.05) is 17.0 Å². The molecule has 3 rings (SSSR count). The first-order valence-electron chi connectivity index (χ1n) is 7.97. The first-order valence-corrected chi connectivity index (χ1v) is 7.97. The average Bonchev–Trinajstić information content (AvgIpc) is 2.54. The summed E-state index contributed by atoms with van der Waals surface area (Å²) in [5.74, 6) is 0.534. The van der Waals surface area contributed by atoms with Crippen LogP contribution in [0.5, 0.6) is 5.75 Å². The summed E-state index contributed by atoms with van der Waals surface area (Å²) < 4.78 is 5.36. The van der Waals surface area contributed by atoms with Gasteiger partial charge in [-0.2, -0.15) is 0 Å². The Kier molecular flexibility index (Phi) is 4.36. The molecule has 1 fully saturated rings. The molecule has 0 bridgehead atoms. The Morgan fingerprint density at radius 1 is 1.41 bits per heavy atom. The van der Waals surface area contributed by atoms with Gasteiger partial charge < -0.3 is 20.5 Å². The van der Waals surface area contributed by atoms with Gasteiger partial charge in [0.2, 0.25) is 5.91 Å². The molecule has 0 unspecified atom stereocenters. The van der Waals surface area contributed by atoms with Crippen molar-refractivity contribution in [2.45, 2.75) is 44.4 Å². The van der Waals surface area contributed by atoms with Crippen LogP contribution in [0.15, 0.2) is 18.2 Å². The molecule has 3 N–H and O–H groups in total. The van der Waals surface area contributed by atoms with E-state index >= 15 is 0 Å². The number of carbonyl (C=O) groups excluding carboxylic acids is 1. The van der Waals surface area contributed by atoms with Crippen LogP contribution in [-0.2, 0) is 22.5 Å². The fourth-order valence-corrected chi connectivity index (χ4v) is 3.73. The fraction of sp³-hybridized carbons (Fsp3) is 0.588. The van der Waals surface area contributed by atoms with Crippen LogP contribution in [-0.4, -0.2) is 41.7 Å². The maximum absolute atomic E-state index is 12.8. The Hall–Kier alpha value is -1.59. The average molecular weight is 304 g/mol. The second-order valence-electron chi connectivity index (χ2n) is 6.37. The molecule has 5 heteroatoms. The normalized spacial score (nSPS) is 28.3. The molecular formula is C17H24N2O3. The zero-order chi connectivity index (χ0) is 15.7. The quantitative estimate of drug-likeness (QED) is 0.866. The zero-order valence-electron chi connectivity index (χ0n) is 13.0. The molecule has 1 amide bonds. The third-order valence-corrected chi connectivity index (χ3v) is 5.04. The second kappa shape index (κ2) is 6.26. The number of ether oxygens (including phenoxy) is 1. The second-order valence-corrected chi connectivity index (χ2v) is 6.37. The number of nitrogens with zero attached hydrogens (tertiary/aromatic N) is 1. The van der Waals surface area contributed by atoms with Gasteiger partial charge in [0.1, 0.15) is 5.75 Å². The van der Waals surface area contributed by atoms with E-state index in [4.69, 9.17) is 10.5 Å². The Morgan fingerprint density at radius 2 is 2.23 bits per heavy atom. The molecule has 0 aromatic heterocycles. The number of carbonyl (C=O) groups is 1. The van der Waals surface area contributed by atoms with Gasteiger partial charge >= 0.3 is 0 Å². The van der Waals surface area contributed by atoms with Gasteiger partial charge in [-0.15, -0.1) is 0 Å². The minimum atomic E-state index is -0.0613.